The molecule has 4 heteroatoms. The number of amides is 2. The molecule has 1 unspecified atom stereocenters. The molecule has 132 valence electrons. The van der Waals surface area contributed by atoms with Crippen molar-refractivity contribution in [3.63, 3.8) is 0 Å². The van der Waals surface area contributed by atoms with E-state index < -0.39 is 0 Å². The molecule has 2 aromatic carbocycles. The molecule has 0 aromatic heterocycles. The van der Waals surface area contributed by atoms with Crippen molar-refractivity contribution in [1.82, 2.24) is 10.6 Å². The fourth-order valence-corrected chi connectivity index (χ4v) is 2.91. The lowest BCUT2D eigenvalue weighted by molar-refractivity contribution is -0.120. The van der Waals surface area contributed by atoms with Gasteiger partial charge in [-0.2, -0.15) is 0 Å². The summed E-state index contributed by atoms with van der Waals surface area (Å²) in [7, 11) is 0. The first-order chi connectivity index (χ1) is 12.0. The van der Waals surface area contributed by atoms with E-state index in [4.69, 9.17) is 0 Å². The number of rotatable bonds is 7. The number of hydrogen-bond acceptors (Lipinski definition) is 2. The van der Waals surface area contributed by atoms with E-state index in [0.29, 0.717) is 5.56 Å². The van der Waals surface area contributed by atoms with E-state index >= 15 is 0 Å². The average Bonchev–Trinajstić information content (AvgIpc) is 2.59. The van der Waals surface area contributed by atoms with Crippen molar-refractivity contribution in [2.75, 3.05) is 6.54 Å². The lowest BCUT2D eigenvalue weighted by Gasteiger charge is -2.19. The van der Waals surface area contributed by atoms with E-state index in [1.807, 2.05) is 62.4 Å². The summed E-state index contributed by atoms with van der Waals surface area (Å²) < 4.78 is 0. The van der Waals surface area contributed by atoms with Crippen LogP contribution in [0.2, 0.25) is 0 Å². The largest absolute Gasteiger partial charge is 0.348 e. The second-order valence-corrected chi connectivity index (χ2v) is 6.38. The second kappa shape index (κ2) is 9.02. The summed E-state index contributed by atoms with van der Waals surface area (Å²) in [6.07, 6.45) is 1.83. The van der Waals surface area contributed by atoms with Crippen LogP contribution in [0.3, 0.4) is 0 Å². The second-order valence-electron chi connectivity index (χ2n) is 6.38. The molecule has 25 heavy (non-hydrogen) atoms. The van der Waals surface area contributed by atoms with Crippen LogP contribution in [0.1, 0.15) is 52.9 Å². The van der Waals surface area contributed by atoms with E-state index in [2.05, 4.69) is 17.6 Å². The van der Waals surface area contributed by atoms with E-state index in [-0.39, 0.29) is 24.4 Å². The van der Waals surface area contributed by atoms with Crippen molar-refractivity contribution < 1.29 is 9.59 Å². The molecule has 0 spiro atoms. The highest BCUT2D eigenvalue weighted by molar-refractivity contribution is 5.96. The van der Waals surface area contributed by atoms with E-state index in [0.717, 1.165) is 29.5 Å². The van der Waals surface area contributed by atoms with Crippen LogP contribution in [-0.4, -0.2) is 18.4 Å². The van der Waals surface area contributed by atoms with Gasteiger partial charge < -0.3 is 10.6 Å². The van der Waals surface area contributed by atoms with Gasteiger partial charge in [-0.15, -0.1) is 0 Å². The molecule has 0 saturated heterocycles. The van der Waals surface area contributed by atoms with Gasteiger partial charge in [0.25, 0.3) is 5.91 Å². The van der Waals surface area contributed by atoms with Crippen LogP contribution in [0.25, 0.3) is 0 Å². The third-order valence-electron chi connectivity index (χ3n) is 4.01. The van der Waals surface area contributed by atoms with Crippen LogP contribution in [0, 0.1) is 13.8 Å². The van der Waals surface area contributed by atoms with Gasteiger partial charge in [-0.25, -0.2) is 0 Å². The maximum Gasteiger partial charge on any atom is 0.251 e. The highest BCUT2D eigenvalue weighted by atomic mass is 16.2. The molecular formula is C21H26N2O2. The SMILES string of the molecule is CCCC(NC(=O)CNC(=O)c1cc(C)cc(C)c1)c1ccccc1. The first kappa shape index (κ1) is 18.7. The van der Waals surface area contributed by atoms with E-state index in [1.54, 1.807) is 0 Å². The van der Waals surface area contributed by atoms with Gasteiger partial charge in [-0.05, 0) is 38.0 Å². The highest BCUT2D eigenvalue weighted by Crippen LogP contribution is 2.17. The molecule has 2 aromatic rings. The van der Waals surface area contributed by atoms with Crippen LogP contribution in [0.4, 0.5) is 0 Å². The fourth-order valence-electron chi connectivity index (χ4n) is 2.91. The van der Waals surface area contributed by atoms with Crippen molar-refractivity contribution in [2.45, 2.75) is 39.7 Å². The van der Waals surface area contributed by atoms with E-state index in [1.165, 1.54) is 0 Å². The van der Waals surface area contributed by atoms with Crippen molar-refractivity contribution in [3.05, 3.63) is 70.8 Å². The molecule has 1 atom stereocenters. The van der Waals surface area contributed by atoms with Gasteiger partial charge in [-0.3, -0.25) is 9.59 Å². The Morgan fingerprint density at radius 3 is 2.24 bits per heavy atom. The minimum absolute atomic E-state index is 0.0289. The van der Waals surface area contributed by atoms with Gasteiger partial charge in [0.05, 0.1) is 12.6 Å². The zero-order valence-corrected chi connectivity index (χ0v) is 15.1. The number of hydrogen-bond donors (Lipinski definition) is 2. The number of aryl methyl sites for hydroxylation is 2. The Hall–Kier alpha value is -2.62. The van der Waals surface area contributed by atoms with Gasteiger partial charge in [0, 0.05) is 5.56 Å². The minimum atomic E-state index is -0.228. The predicted molar refractivity (Wildman–Crippen MR) is 100 cm³/mol. The third kappa shape index (κ3) is 5.75. The topological polar surface area (TPSA) is 58.2 Å². The van der Waals surface area contributed by atoms with Crippen LogP contribution in [0.5, 0.6) is 0 Å². The molecule has 4 nitrogen and oxygen atoms in total. The predicted octanol–water partition coefficient (Wildman–Crippen LogP) is 3.69. The Morgan fingerprint density at radius 1 is 1.00 bits per heavy atom. The molecule has 2 rings (SSSR count). The normalized spacial score (nSPS) is 11.6. The van der Waals surface area contributed by atoms with Gasteiger partial charge in [0.2, 0.25) is 5.91 Å². The van der Waals surface area contributed by atoms with Crippen LogP contribution in [0.15, 0.2) is 48.5 Å². The zero-order valence-electron chi connectivity index (χ0n) is 15.1. The molecule has 2 N–H and O–H groups in total. The number of benzene rings is 2. The molecular weight excluding hydrogens is 312 g/mol. The maximum absolute atomic E-state index is 12.2. The third-order valence-corrected chi connectivity index (χ3v) is 4.01. The lowest BCUT2D eigenvalue weighted by Crippen LogP contribution is -2.38. The Morgan fingerprint density at radius 2 is 1.64 bits per heavy atom. The molecule has 0 aliphatic rings. The van der Waals surface area contributed by atoms with Crippen molar-refractivity contribution >= 4 is 11.8 Å². The van der Waals surface area contributed by atoms with Crippen LogP contribution >= 0.6 is 0 Å². The van der Waals surface area contributed by atoms with Gasteiger partial charge in [-0.1, -0.05) is 60.9 Å². The first-order valence-electron chi connectivity index (χ1n) is 8.70. The summed E-state index contributed by atoms with van der Waals surface area (Å²) >= 11 is 0. The zero-order chi connectivity index (χ0) is 18.2. The molecule has 0 saturated carbocycles. The number of carbonyl (C=O) groups is 2. The van der Waals surface area contributed by atoms with Crippen molar-refractivity contribution in [3.8, 4) is 0 Å². The molecule has 0 fully saturated rings. The molecule has 0 aliphatic carbocycles. The Kier molecular flexibility index (Phi) is 6.75. The molecule has 0 radical (unpaired) electrons. The monoisotopic (exact) mass is 338 g/mol. The molecule has 0 bridgehead atoms. The molecule has 0 aliphatic heterocycles. The highest BCUT2D eigenvalue weighted by Gasteiger charge is 2.14. The molecule has 2 amide bonds. The Labute approximate surface area is 149 Å². The van der Waals surface area contributed by atoms with Gasteiger partial charge in [0.1, 0.15) is 0 Å². The Balaban J connectivity index is 1.93. The van der Waals surface area contributed by atoms with Crippen molar-refractivity contribution in [1.29, 1.82) is 0 Å². The maximum atomic E-state index is 12.2. The van der Waals surface area contributed by atoms with Gasteiger partial charge in [0.15, 0.2) is 0 Å². The summed E-state index contributed by atoms with van der Waals surface area (Å²) in [6.45, 7) is 5.96. The summed E-state index contributed by atoms with van der Waals surface area (Å²) in [5.74, 6) is -0.409. The standard InChI is InChI=1S/C21H26N2O2/c1-4-8-19(17-9-6-5-7-10-17)23-20(24)14-22-21(25)18-12-15(2)11-16(3)13-18/h5-7,9-13,19H,4,8,14H2,1-3H3,(H,22,25)(H,23,24). The lowest BCUT2D eigenvalue weighted by atomic mass is 10.0. The Bertz CT molecular complexity index is 706. The van der Waals surface area contributed by atoms with Crippen molar-refractivity contribution in [2.24, 2.45) is 0 Å². The summed E-state index contributed by atoms with van der Waals surface area (Å²) in [6, 6.07) is 15.5. The minimum Gasteiger partial charge on any atom is -0.348 e. The fraction of sp³-hybridized carbons (Fsp3) is 0.333. The summed E-state index contributed by atoms with van der Waals surface area (Å²) in [5, 5.41) is 5.71. The van der Waals surface area contributed by atoms with Crippen LogP contribution in [-0.2, 0) is 4.79 Å². The smallest absolute Gasteiger partial charge is 0.251 e. The first-order valence-corrected chi connectivity index (χ1v) is 8.70. The number of carbonyl (C=O) groups excluding carboxylic acids is 2. The van der Waals surface area contributed by atoms with Crippen LogP contribution < -0.4 is 10.6 Å². The summed E-state index contributed by atoms with van der Waals surface area (Å²) in [4.78, 5) is 24.5. The van der Waals surface area contributed by atoms with Gasteiger partial charge >= 0.3 is 0 Å². The number of nitrogens with one attached hydrogen (secondary N) is 2. The quantitative estimate of drug-likeness (QED) is 0.809. The summed E-state index contributed by atoms with van der Waals surface area (Å²) in [5.41, 5.74) is 3.72. The average molecular weight is 338 g/mol. The van der Waals surface area contributed by atoms with E-state index in [9.17, 15) is 9.59 Å². The molecule has 0 heterocycles.